The Morgan fingerprint density at radius 1 is 0.405 bits per heavy atom. The highest BCUT2D eigenvalue weighted by atomic mass is 16.4. The number of nitrogens with zero attached hydrogens (tertiary/aromatic N) is 1. The molecule has 0 saturated carbocycles. The van der Waals surface area contributed by atoms with Gasteiger partial charge in [-0.2, -0.15) is 0 Å². The lowest BCUT2D eigenvalue weighted by atomic mass is 9.96. The Morgan fingerprint density at radius 3 is 1.32 bits per heavy atom. The van der Waals surface area contributed by atoms with Crippen molar-refractivity contribution < 1.29 is 8.83 Å². The van der Waals surface area contributed by atoms with E-state index in [1.807, 2.05) is 24.3 Å². The van der Waals surface area contributed by atoms with Crippen molar-refractivity contribution in [2.45, 2.75) is 0 Å². The van der Waals surface area contributed by atoms with E-state index in [9.17, 15) is 0 Å². The second-order valence-electron chi connectivity index (χ2n) is 9.33. The van der Waals surface area contributed by atoms with Crippen LogP contribution >= 0.6 is 0 Å². The molecule has 0 aliphatic carbocycles. The van der Waals surface area contributed by atoms with E-state index in [2.05, 4.69) is 108 Å². The summed E-state index contributed by atoms with van der Waals surface area (Å²) in [4.78, 5) is 0. The van der Waals surface area contributed by atoms with Gasteiger partial charge in [0.25, 0.3) is 0 Å². The van der Waals surface area contributed by atoms with E-state index >= 15 is 0 Å². The van der Waals surface area contributed by atoms with Gasteiger partial charge < -0.3 is 8.83 Å². The molecule has 0 bridgehead atoms. The first kappa shape index (κ1) is 20.2. The van der Waals surface area contributed by atoms with Crippen LogP contribution in [0.4, 0.5) is 0 Å². The number of hydrogen-bond acceptors (Lipinski definition) is 2. The lowest BCUT2D eigenvalue weighted by molar-refractivity contribution is 0.615. The molecular weight excluding hydrogens is 454 g/mol. The maximum atomic E-state index is 6.61. The normalized spacial score (nSPS) is 11.8. The summed E-state index contributed by atoms with van der Waals surface area (Å²) in [6.45, 7) is 0. The van der Waals surface area contributed by atoms with Gasteiger partial charge in [-0.3, -0.25) is 0 Å². The molecule has 0 spiro atoms. The fraction of sp³-hybridized carbons (Fsp3) is 0. The number of para-hydroxylation sites is 3. The van der Waals surface area contributed by atoms with E-state index in [-0.39, 0.29) is 0 Å². The fourth-order valence-corrected chi connectivity index (χ4v) is 5.64. The van der Waals surface area contributed by atoms with Gasteiger partial charge in [-0.25, -0.2) is 4.57 Å². The first-order chi connectivity index (χ1) is 18.4. The molecule has 37 heavy (non-hydrogen) atoms. The largest absolute Gasteiger partial charge is 0.439 e. The maximum absolute atomic E-state index is 6.61. The summed E-state index contributed by atoms with van der Waals surface area (Å²) in [5.74, 6) is 0. The van der Waals surface area contributed by atoms with Crippen LogP contribution in [0.1, 0.15) is 0 Å². The first-order valence-corrected chi connectivity index (χ1v) is 12.5. The summed E-state index contributed by atoms with van der Waals surface area (Å²) in [6.07, 6.45) is 0. The third-order valence-corrected chi connectivity index (χ3v) is 7.24. The molecule has 0 aliphatic rings. The summed E-state index contributed by atoms with van der Waals surface area (Å²) in [5, 5.41) is 4.34. The molecule has 0 atom stereocenters. The van der Waals surface area contributed by atoms with Crippen LogP contribution in [0.5, 0.6) is 0 Å². The van der Waals surface area contributed by atoms with Crippen molar-refractivity contribution in [3.8, 4) is 27.9 Å². The molecular formula is C34H21NO2. The number of hydrogen-bond donors (Lipinski definition) is 0. The third kappa shape index (κ3) is 2.88. The van der Waals surface area contributed by atoms with Gasteiger partial charge >= 0.3 is 0 Å². The number of furan rings is 2. The zero-order chi connectivity index (χ0) is 24.3. The van der Waals surface area contributed by atoms with Gasteiger partial charge in [0.15, 0.2) is 0 Å². The Hall–Kier alpha value is -5.02. The molecule has 0 fully saturated rings. The molecule has 0 aliphatic heterocycles. The van der Waals surface area contributed by atoms with Crippen molar-refractivity contribution in [1.82, 2.24) is 4.57 Å². The van der Waals surface area contributed by atoms with Crippen molar-refractivity contribution in [3.05, 3.63) is 127 Å². The summed E-state index contributed by atoms with van der Waals surface area (Å²) >= 11 is 0. The summed E-state index contributed by atoms with van der Waals surface area (Å²) in [5.41, 5.74) is 8.86. The smallest absolute Gasteiger partial charge is 0.216 e. The molecule has 0 saturated heterocycles. The average Bonchev–Trinajstić information content (AvgIpc) is 3.61. The zero-order valence-electron chi connectivity index (χ0n) is 19.9. The molecule has 0 unspecified atom stereocenters. The van der Waals surface area contributed by atoms with Gasteiger partial charge in [0, 0.05) is 21.9 Å². The molecule has 174 valence electrons. The molecule has 8 rings (SSSR count). The van der Waals surface area contributed by atoms with E-state index < -0.39 is 0 Å². The average molecular weight is 476 g/mol. The monoisotopic (exact) mass is 475 g/mol. The number of aromatic nitrogens is 1. The van der Waals surface area contributed by atoms with Crippen LogP contribution in [0.3, 0.4) is 0 Å². The predicted molar refractivity (Wildman–Crippen MR) is 151 cm³/mol. The molecule has 8 aromatic rings. The lowest BCUT2D eigenvalue weighted by Crippen LogP contribution is -2.00. The van der Waals surface area contributed by atoms with Crippen LogP contribution in [0.15, 0.2) is 136 Å². The van der Waals surface area contributed by atoms with Crippen molar-refractivity contribution in [2.75, 3.05) is 0 Å². The van der Waals surface area contributed by atoms with Crippen molar-refractivity contribution in [2.24, 2.45) is 0 Å². The Morgan fingerprint density at radius 2 is 0.838 bits per heavy atom. The number of fused-ring (bicyclic) bond motifs is 7. The minimum atomic E-state index is 0.793. The Labute approximate surface area is 212 Å². The minimum absolute atomic E-state index is 0.793. The summed E-state index contributed by atoms with van der Waals surface area (Å²) in [6, 6.07) is 44.0. The van der Waals surface area contributed by atoms with E-state index in [4.69, 9.17) is 8.83 Å². The lowest BCUT2D eigenvalue weighted by Gasteiger charge is -2.17. The second kappa shape index (κ2) is 7.74. The predicted octanol–water partition coefficient (Wildman–Crippen LogP) is 9.61. The van der Waals surface area contributed by atoms with Crippen LogP contribution in [0.2, 0.25) is 0 Å². The van der Waals surface area contributed by atoms with Gasteiger partial charge in [-0.15, -0.1) is 0 Å². The first-order valence-electron chi connectivity index (χ1n) is 12.5. The SMILES string of the molecule is c1ccc(-c2cccc(-c3ccccc3)c2-n2c3oc4ccccc4c3c3c4ccccc4oc32)cc1. The molecule has 5 aromatic carbocycles. The molecule has 3 heterocycles. The summed E-state index contributed by atoms with van der Waals surface area (Å²) in [7, 11) is 0. The third-order valence-electron chi connectivity index (χ3n) is 7.24. The van der Waals surface area contributed by atoms with E-state index in [0.717, 1.165) is 72.1 Å². The van der Waals surface area contributed by atoms with E-state index in [1.54, 1.807) is 0 Å². The Kier molecular flexibility index (Phi) is 4.23. The van der Waals surface area contributed by atoms with Crippen LogP contribution in [0.25, 0.3) is 72.1 Å². The van der Waals surface area contributed by atoms with Crippen molar-refractivity contribution >= 4 is 44.1 Å². The number of benzene rings is 5. The van der Waals surface area contributed by atoms with Crippen molar-refractivity contribution in [1.29, 1.82) is 0 Å². The van der Waals surface area contributed by atoms with Crippen LogP contribution < -0.4 is 0 Å². The second-order valence-corrected chi connectivity index (χ2v) is 9.33. The fourth-order valence-electron chi connectivity index (χ4n) is 5.64. The molecule has 0 amide bonds. The highest BCUT2D eigenvalue weighted by molar-refractivity contribution is 6.27. The summed E-state index contributed by atoms with van der Waals surface area (Å²) < 4.78 is 15.4. The van der Waals surface area contributed by atoms with Crippen LogP contribution in [0, 0.1) is 0 Å². The highest BCUT2D eigenvalue weighted by Crippen LogP contribution is 2.46. The van der Waals surface area contributed by atoms with Gasteiger partial charge in [0.05, 0.1) is 16.5 Å². The van der Waals surface area contributed by atoms with Crippen LogP contribution in [-0.2, 0) is 0 Å². The molecule has 3 aromatic heterocycles. The molecule has 3 heteroatoms. The highest BCUT2D eigenvalue weighted by Gasteiger charge is 2.27. The zero-order valence-corrected chi connectivity index (χ0v) is 19.9. The quantitative estimate of drug-likeness (QED) is 0.255. The molecule has 0 N–H and O–H groups in total. The van der Waals surface area contributed by atoms with Gasteiger partial charge in [-0.05, 0) is 23.3 Å². The van der Waals surface area contributed by atoms with Gasteiger partial charge in [0.2, 0.25) is 11.4 Å². The Bertz CT molecular complexity index is 1930. The number of rotatable bonds is 3. The molecule has 0 radical (unpaired) electrons. The topological polar surface area (TPSA) is 31.2 Å². The van der Waals surface area contributed by atoms with Gasteiger partial charge in [0.1, 0.15) is 11.2 Å². The van der Waals surface area contributed by atoms with Crippen molar-refractivity contribution in [3.63, 3.8) is 0 Å². The van der Waals surface area contributed by atoms with E-state index in [0.29, 0.717) is 0 Å². The Balaban J connectivity index is 1.62. The minimum Gasteiger partial charge on any atom is -0.439 e. The van der Waals surface area contributed by atoms with E-state index in [1.165, 1.54) is 0 Å². The maximum Gasteiger partial charge on any atom is 0.216 e. The standard InChI is InChI=1S/C34H21NO2/c1-3-12-22(13-4-1)24-18-11-19-25(23-14-5-2-6-15-23)32(24)35-33-30(26-16-7-9-20-28(26)36-33)31-27-17-8-10-21-29(27)37-34(31)35/h1-21H. The van der Waals surface area contributed by atoms with Crippen LogP contribution in [-0.4, -0.2) is 4.57 Å². The molecule has 3 nitrogen and oxygen atoms in total. The van der Waals surface area contributed by atoms with Gasteiger partial charge in [-0.1, -0.05) is 115 Å².